The lowest BCUT2D eigenvalue weighted by Crippen LogP contribution is -2.52. The summed E-state index contributed by atoms with van der Waals surface area (Å²) in [5.74, 6) is -0.249. The topological polar surface area (TPSA) is 86.5 Å². The fourth-order valence-electron chi connectivity index (χ4n) is 5.96. The minimum atomic E-state index is -0.874. The van der Waals surface area contributed by atoms with Crippen molar-refractivity contribution in [3.63, 3.8) is 0 Å². The second-order valence-electron chi connectivity index (χ2n) is 10.4. The van der Waals surface area contributed by atoms with E-state index >= 15 is 0 Å². The van der Waals surface area contributed by atoms with E-state index in [9.17, 15) is 9.59 Å². The number of ketones is 1. The first-order valence-electron chi connectivity index (χ1n) is 13.0. The van der Waals surface area contributed by atoms with Crippen molar-refractivity contribution in [2.75, 3.05) is 0 Å². The van der Waals surface area contributed by atoms with Crippen LogP contribution < -0.4 is 0 Å². The number of rotatable bonds is 7. The molecule has 1 aliphatic carbocycles. The SMILES string of the molecule is CCc1cc(CCC2(C3CCCC3)CC(=O)C(Cc3nc4nc(C)cc(C)n4n3)C(=O)O2)ccc1Cl. The number of esters is 1. The van der Waals surface area contributed by atoms with E-state index in [1.807, 2.05) is 32.0 Å². The number of hydrogen-bond donors (Lipinski definition) is 0. The van der Waals surface area contributed by atoms with Crippen LogP contribution in [0.2, 0.25) is 5.02 Å². The molecule has 1 aromatic carbocycles. The van der Waals surface area contributed by atoms with Crippen LogP contribution in [-0.4, -0.2) is 36.9 Å². The van der Waals surface area contributed by atoms with Gasteiger partial charge in [0.25, 0.3) is 5.78 Å². The summed E-state index contributed by atoms with van der Waals surface area (Å²) in [5, 5.41) is 5.27. The largest absolute Gasteiger partial charge is 0.458 e. The van der Waals surface area contributed by atoms with Gasteiger partial charge in [0, 0.05) is 29.3 Å². The molecule has 2 atom stereocenters. The first kappa shape index (κ1) is 24.9. The van der Waals surface area contributed by atoms with Gasteiger partial charge < -0.3 is 4.74 Å². The van der Waals surface area contributed by atoms with Crippen LogP contribution in [0.4, 0.5) is 0 Å². The molecule has 1 saturated heterocycles. The molecule has 0 N–H and O–H groups in total. The molecule has 3 aromatic rings. The molecule has 1 aliphatic heterocycles. The van der Waals surface area contributed by atoms with E-state index in [1.165, 1.54) is 0 Å². The normalized spacial score (nSPS) is 22.9. The number of cyclic esters (lactones) is 1. The van der Waals surface area contributed by atoms with Crippen LogP contribution in [0.15, 0.2) is 24.3 Å². The molecule has 2 aromatic heterocycles. The Balaban J connectivity index is 1.36. The number of hydrogen-bond acceptors (Lipinski definition) is 6. The second-order valence-corrected chi connectivity index (χ2v) is 10.8. The number of carbonyl (C=O) groups excluding carboxylic acids is 2. The van der Waals surface area contributed by atoms with Gasteiger partial charge in [-0.1, -0.05) is 43.5 Å². The average Bonchev–Trinajstić information content (AvgIpc) is 3.52. The first-order valence-corrected chi connectivity index (χ1v) is 13.4. The monoisotopic (exact) mass is 508 g/mol. The van der Waals surface area contributed by atoms with Gasteiger partial charge in [-0.25, -0.2) is 9.50 Å². The van der Waals surface area contributed by atoms with Crippen LogP contribution in [0.1, 0.15) is 73.8 Å². The molecule has 0 bridgehead atoms. The predicted octanol–water partition coefficient (Wildman–Crippen LogP) is 5.19. The van der Waals surface area contributed by atoms with Crippen molar-refractivity contribution in [2.45, 2.75) is 84.2 Å². The maximum Gasteiger partial charge on any atom is 0.317 e. The van der Waals surface area contributed by atoms with Gasteiger partial charge >= 0.3 is 5.97 Å². The Morgan fingerprint density at radius 2 is 1.92 bits per heavy atom. The highest BCUT2D eigenvalue weighted by atomic mass is 35.5. The Morgan fingerprint density at radius 3 is 2.64 bits per heavy atom. The maximum absolute atomic E-state index is 13.5. The molecule has 8 heteroatoms. The van der Waals surface area contributed by atoms with Crippen LogP contribution in [-0.2, 0) is 33.6 Å². The highest BCUT2D eigenvalue weighted by Crippen LogP contribution is 2.45. The first-order chi connectivity index (χ1) is 17.3. The van der Waals surface area contributed by atoms with Crippen LogP contribution in [0.5, 0.6) is 0 Å². The summed E-state index contributed by atoms with van der Waals surface area (Å²) < 4.78 is 7.92. The lowest BCUT2D eigenvalue weighted by Gasteiger charge is -2.43. The van der Waals surface area contributed by atoms with Gasteiger partial charge in [-0.15, -0.1) is 5.10 Å². The zero-order valence-corrected chi connectivity index (χ0v) is 22.0. The Hall–Kier alpha value is -2.80. The quantitative estimate of drug-likeness (QED) is 0.322. The summed E-state index contributed by atoms with van der Waals surface area (Å²) in [5.41, 5.74) is 3.28. The van der Waals surface area contributed by atoms with Gasteiger partial charge in [-0.2, -0.15) is 4.98 Å². The fourth-order valence-corrected chi connectivity index (χ4v) is 6.22. The average molecular weight is 509 g/mol. The summed E-state index contributed by atoms with van der Waals surface area (Å²) in [6, 6.07) is 8.02. The highest BCUT2D eigenvalue weighted by Gasteiger charge is 2.51. The zero-order valence-electron chi connectivity index (χ0n) is 21.2. The third-order valence-electron chi connectivity index (χ3n) is 7.93. The molecule has 7 nitrogen and oxygen atoms in total. The Labute approximate surface area is 216 Å². The number of Topliss-reactive ketones (excluding diaryl/α,β-unsaturated/α-hetero) is 1. The lowest BCUT2D eigenvalue weighted by atomic mass is 9.73. The minimum absolute atomic E-state index is 0.0665. The van der Waals surface area contributed by atoms with Crippen LogP contribution in [0.25, 0.3) is 5.78 Å². The van der Waals surface area contributed by atoms with Gasteiger partial charge in [-0.05, 0) is 75.1 Å². The number of carbonyl (C=O) groups is 2. The predicted molar refractivity (Wildman–Crippen MR) is 137 cm³/mol. The number of aryl methyl sites for hydroxylation is 4. The summed E-state index contributed by atoms with van der Waals surface area (Å²) in [4.78, 5) is 35.7. The minimum Gasteiger partial charge on any atom is -0.458 e. The fraction of sp³-hybridized carbons (Fsp3) is 0.536. The van der Waals surface area contributed by atoms with Crippen LogP contribution in [0, 0.1) is 25.7 Å². The summed E-state index contributed by atoms with van der Waals surface area (Å²) >= 11 is 6.31. The molecular formula is C28H33ClN4O3. The van der Waals surface area contributed by atoms with E-state index in [0.29, 0.717) is 18.0 Å². The number of aromatic nitrogens is 4. The number of fused-ring (bicyclic) bond motifs is 1. The number of halogens is 1. The third-order valence-corrected chi connectivity index (χ3v) is 8.30. The smallest absolute Gasteiger partial charge is 0.317 e. The van der Waals surface area contributed by atoms with Crippen molar-refractivity contribution in [1.82, 2.24) is 19.6 Å². The molecule has 0 amide bonds. The van der Waals surface area contributed by atoms with Gasteiger partial charge in [0.15, 0.2) is 11.6 Å². The number of nitrogens with zero attached hydrogens (tertiary/aromatic N) is 4. The number of ether oxygens (including phenoxy) is 1. The molecule has 3 heterocycles. The van der Waals surface area contributed by atoms with Gasteiger partial charge in [-0.3, -0.25) is 9.59 Å². The zero-order chi connectivity index (χ0) is 25.4. The molecule has 36 heavy (non-hydrogen) atoms. The molecule has 2 aliphatic rings. The third kappa shape index (κ3) is 4.77. The standard InChI is InChI=1S/C28H33ClN4O3/c1-4-20-14-19(9-10-23(20)29)11-12-28(21-7-5-6-8-21)16-24(34)22(26(35)36-28)15-25-31-27-30-17(2)13-18(3)33(27)32-25/h9-10,13-14,21-22H,4-8,11-12,15-16H2,1-3H3. The van der Waals surface area contributed by atoms with E-state index in [2.05, 4.69) is 28.1 Å². The molecular weight excluding hydrogens is 476 g/mol. The van der Waals surface area contributed by atoms with Crippen molar-refractivity contribution in [3.8, 4) is 0 Å². The van der Waals surface area contributed by atoms with Crippen LogP contribution >= 0.6 is 11.6 Å². The van der Waals surface area contributed by atoms with E-state index < -0.39 is 17.5 Å². The molecule has 1 saturated carbocycles. The Kier molecular flexibility index (Phi) is 6.86. The van der Waals surface area contributed by atoms with Gasteiger partial charge in [0.1, 0.15) is 11.5 Å². The molecule has 190 valence electrons. The van der Waals surface area contributed by atoms with Gasteiger partial charge in [0.05, 0.1) is 0 Å². The molecule has 5 rings (SSSR count). The summed E-state index contributed by atoms with van der Waals surface area (Å²) in [6.07, 6.45) is 6.84. The van der Waals surface area contributed by atoms with Crippen molar-refractivity contribution < 1.29 is 14.3 Å². The number of benzene rings is 1. The Bertz CT molecular complexity index is 1290. The second kappa shape index (κ2) is 9.92. The van der Waals surface area contributed by atoms with Crippen molar-refractivity contribution >= 4 is 29.1 Å². The highest BCUT2D eigenvalue weighted by molar-refractivity contribution is 6.31. The van der Waals surface area contributed by atoms with E-state index in [4.69, 9.17) is 16.3 Å². The van der Waals surface area contributed by atoms with Crippen molar-refractivity contribution in [1.29, 1.82) is 0 Å². The maximum atomic E-state index is 13.5. The van der Waals surface area contributed by atoms with Crippen LogP contribution in [0.3, 0.4) is 0 Å². The van der Waals surface area contributed by atoms with E-state index in [1.54, 1.807) is 4.52 Å². The molecule has 2 unspecified atom stereocenters. The van der Waals surface area contributed by atoms with Gasteiger partial charge in [0.2, 0.25) is 0 Å². The van der Waals surface area contributed by atoms with Crippen molar-refractivity contribution in [3.05, 3.63) is 57.6 Å². The van der Waals surface area contributed by atoms with Crippen molar-refractivity contribution in [2.24, 2.45) is 11.8 Å². The molecule has 2 fully saturated rings. The molecule has 0 radical (unpaired) electrons. The van der Waals surface area contributed by atoms with E-state index in [0.717, 1.165) is 66.1 Å². The summed E-state index contributed by atoms with van der Waals surface area (Å²) in [7, 11) is 0. The Morgan fingerprint density at radius 1 is 1.14 bits per heavy atom. The summed E-state index contributed by atoms with van der Waals surface area (Å²) in [6.45, 7) is 5.92. The molecule has 0 spiro atoms. The lowest BCUT2D eigenvalue weighted by molar-refractivity contribution is -0.185. The van der Waals surface area contributed by atoms with E-state index in [-0.39, 0.29) is 24.5 Å².